The standard InChI is InChI=1S/C13H20ClNO2/c1-2-16-9-7-15-8-10-17-11-12-5-3-4-6-13(12)14/h3-6,15H,2,7-11H2,1H3. The summed E-state index contributed by atoms with van der Waals surface area (Å²) in [5.74, 6) is 0. The molecule has 0 unspecified atom stereocenters. The van der Waals surface area contributed by atoms with Gasteiger partial charge in [-0.1, -0.05) is 29.8 Å². The van der Waals surface area contributed by atoms with Gasteiger partial charge in [-0.2, -0.15) is 0 Å². The van der Waals surface area contributed by atoms with Crippen LogP contribution in [0.2, 0.25) is 5.02 Å². The Morgan fingerprint density at radius 1 is 1.12 bits per heavy atom. The number of hydrogen-bond acceptors (Lipinski definition) is 3. The fourth-order valence-corrected chi connectivity index (χ4v) is 1.55. The van der Waals surface area contributed by atoms with Gasteiger partial charge in [-0.25, -0.2) is 0 Å². The number of ether oxygens (including phenoxy) is 2. The van der Waals surface area contributed by atoms with Crippen molar-refractivity contribution < 1.29 is 9.47 Å². The fraction of sp³-hybridized carbons (Fsp3) is 0.538. The van der Waals surface area contributed by atoms with Crippen LogP contribution in [-0.2, 0) is 16.1 Å². The second kappa shape index (κ2) is 9.42. The molecule has 0 saturated carbocycles. The van der Waals surface area contributed by atoms with Crippen molar-refractivity contribution in [2.45, 2.75) is 13.5 Å². The first-order valence-corrected chi connectivity index (χ1v) is 6.32. The molecule has 0 amide bonds. The quantitative estimate of drug-likeness (QED) is 0.690. The van der Waals surface area contributed by atoms with Crippen molar-refractivity contribution in [3.8, 4) is 0 Å². The van der Waals surface area contributed by atoms with Gasteiger partial charge in [0.25, 0.3) is 0 Å². The highest BCUT2D eigenvalue weighted by atomic mass is 35.5. The normalized spacial score (nSPS) is 10.7. The number of benzene rings is 1. The second-order valence-electron chi connectivity index (χ2n) is 3.59. The van der Waals surface area contributed by atoms with E-state index in [1.807, 2.05) is 31.2 Å². The number of rotatable bonds is 9. The summed E-state index contributed by atoms with van der Waals surface area (Å²) in [6.07, 6.45) is 0. The fourth-order valence-electron chi connectivity index (χ4n) is 1.36. The number of nitrogens with one attached hydrogen (secondary N) is 1. The van der Waals surface area contributed by atoms with Crippen molar-refractivity contribution >= 4 is 11.6 Å². The summed E-state index contributed by atoms with van der Waals surface area (Å²) in [6.45, 7) is 6.45. The third-order valence-electron chi connectivity index (χ3n) is 2.27. The smallest absolute Gasteiger partial charge is 0.0731 e. The summed E-state index contributed by atoms with van der Waals surface area (Å²) < 4.78 is 10.7. The third kappa shape index (κ3) is 6.64. The molecule has 0 fully saturated rings. The molecule has 0 aliphatic carbocycles. The molecule has 1 N–H and O–H groups in total. The van der Waals surface area contributed by atoms with Gasteiger partial charge in [-0.05, 0) is 18.6 Å². The lowest BCUT2D eigenvalue weighted by Gasteiger charge is -2.07. The van der Waals surface area contributed by atoms with Crippen LogP contribution in [0.1, 0.15) is 12.5 Å². The summed E-state index contributed by atoms with van der Waals surface area (Å²) in [7, 11) is 0. The Hall–Kier alpha value is -0.610. The molecule has 0 saturated heterocycles. The molecule has 1 aromatic carbocycles. The van der Waals surface area contributed by atoms with Crippen LogP contribution in [0.5, 0.6) is 0 Å². The summed E-state index contributed by atoms with van der Waals surface area (Å²) >= 11 is 6.01. The zero-order chi connectivity index (χ0) is 12.3. The van der Waals surface area contributed by atoms with Crippen LogP contribution < -0.4 is 5.32 Å². The van der Waals surface area contributed by atoms with Gasteiger partial charge in [0.1, 0.15) is 0 Å². The van der Waals surface area contributed by atoms with Crippen LogP contribution in [-0.4, -0.2) is 32.9 Å². The van der Waals surface area contributed by atoms with Crippen LogP contribution in [0.25, 0.3) is 0 Å². The van der Waals surface area contributed by atoms with Crippen LogP contribution in [0, 0.1) is 0 Å². The molecule has 17 heavy (non-hydrogen) atoms. The van der Waals surface area contributed by atoms with Crippen molar-refractivity contribution in [3.05, 3.63) is 34.9 Å². The molecule has 3 nitrogen and oxygen atoms in total. The first-order valence-electron chi connectivity index (χ1n) is 5.94. The number of hydrogen-bond donors (Lipinski definition) is 1. The minimum atomic E-state index is 0.562. The zero-order valence-corrected chi connectivity index (χ0v) is 11.0. The van der Waals surface area contributed by atoms with Gasteiger partial charge >= 0.3 is 0 Å². The molecule has 1 rings (SSSR count). The summed E-state index contributed by atoms with van der Waals surface area (Å²) in [5, 5.41) is 4.00. The predicted octanol–water partition coefficient (Wildman–Crippen LogP) is 2.48. The van der Waals surface area contributed by atoms with E-state index in [1.54, 1.807) is 0 Å². The van der Waals surface area contributed by atoms with Crippen molar-refractivity contribution in [1.29, 1.82) is 0 Å². The van der Waals surface area contributed by atoms with Crippen molar-refractivity contribution in [1.82, 2.24) is 5.32 Å². The van der Waals surface area contributed by atoms with Crippen LogP contribution in [0.4, 0.5) is 0 Å². The van der Waals surface area contributed by atoms with Gasteiger partial charge in [0.2, 0.25) is 0 Å². The Bertz CT molecular complexity index is 307. The maximum absolute atomic E-state index is 6.01. The van der Waals surface area contributed by atoms with Gasteiger partial charge in [0, 0.05) is 24.7 Å². The highest BCUT2D eigenvalue weighted by Gasteiger charge is 1.98. The van der Waals surface area contributed by atoms with Crippen molar-refractivity contribution in [2.75, 3.05) is 32.9 Å². The molecule has 0 aliphatic heterocycles. The van der Waals surface area contributed by atoms with Crippen LogP contribution in [0.3, 0.4) is 0 Å². The average molecular weight is 258 g/mol. The van der Waals surface area contributed by atoms with E-state index in [-0.39, 0.29) is 0 Å². The maximum atomic E-state index is 6.01. The largest absolute Gasteiger partial charge is 0.380 e. The van der Waals surface area contributed by atoms with Crippen molar-refractivity contribution in [2.24, 2.45) is 0 Å². The van der Waals surface area contributed by atoms with Crippen LogP contribution >= 0.6 is 11.6 Å². The molecule has 0 aliphatic rings. The molecule has 0 radical (unpaired) electrons. The van der Waals surface area contributed by atoms with E-state index >= 15 is 0 Å². The van der Waals surface area contributed by atoms with Crippen LogP contribution in [0.15, 0.2) is 24.3 Å². The Morgan fingerprint density at radius 2 is 1.82 bits per heavy atom. The first-order chi connectivity index (χ1) is 8.34. The lowest BCUT2D eigenvalue weighted by atomic mass is 10.2. The van der Waals surface area contributed by atoms with Gasteiger partial charge in [-0.3, -0.25) is 0 Å². The summed E-state index contributed by atoms with van der Waals surface area (Å²) in [4.78, 5) is 0. The van der Waals surface area contributed by atoms with E-state index < -0.39 is 0 Å². The monoisotopic (exact) mass is 257 g/mol. The summed E-state index contributed by atoms with van der Waals surface area (Å²) in [5.41, 5.74) is 1.03. The van der Waals surface area contributed by atoms with E-state index in [4.69, 9.17) is 21.1 Å². The van der Waals surface area contributed by atoms with Gasteiger partial charge in [-0.15, -0.1) is 0 Å². The van der Waals surface area contributed by atoms with Gasteiger partial charge in [0.15, 0.2) is 0 Å². The highest BCUT2D eigenvalue weighted by molar-refractivity contribution is 6.31. The minimum Gasteiger partial charge on any atom is -0.380 e. The lowest BCUT2D eigenvalue weighted by Crippen LogP contribution is -2.24. The maximum Gasteiger partial charge on any atom is 0.0731 e. The lowest BCUT2D eigenvalue weighted by molar-refractivity contribution is 0.116. The molecule has 0 aromatic heterocycles. The SMILES string of the molecule is CCOCCNCCOCc1ccccc1Cl. The molecular weight excluding hydrogens is 238 g/mol. The highest BCUT2D eigenvalue weighted by Crippen LogP contribution is 2.15. The molecule has 1 aromatic rings. The van der Waals surface area contributed by atoms with Gasteiger partial charge in [0.05, 0.1) is 19.8 Å². The predicted molar refractivity (Wildman–Crippen MR) is 70.5 cm³/mol. The molecule has 96 valence electrons. The zero-order valence-electron chi connectivity index (χ0n) is 10.2. The van der Waals surface area contributed by atoms with E-state index in [0.717, 1.165) is 36.9 Å². The third-order valence-corrected chi connectivity index (χ3v) is 2.63. The Labute approximate surface area is 108 Å². The first kappa shape index (κ1) is 14.5. The molecule has 0 bridgehead atoms. The van der Waals surface area contributed by atoms with E-state index in [9.17, 15) is 0 Å². The minimum absolute atomic E-state index is 0.562. The molecule has 0 heterocycles. The van der Waals surface area contributed by atoms with E-state index in [2.05, 4.69) is 5.32 Å². The van der Waals surface area contributed by atoms with E-state index in [1.165, 1.54) is 0 Å². The molecule has 0 atom stereocenters. The molecule has 4 heteroatoms. The van der Waals surface area contributed by atoms with Crippen molar-refractivity contribution in [3.63, 3.8) is 0 Å². The summed E-state index contributed by atoms with van der Waals surface area (Å²) in [6, 6.07) is 7.73. The Morgan fingerprint density at radius 3 is 2.53 bits per heavy atom. The molecular formula is C13H20ClNO2. The topological polar surface area (TPSA) is 30.5 Å². The second-order valence-corrected chi connectivity index (χ2v) is 4.00. The van der Waals surface area contributed by atoms with E-state index in [0.29, 0.717) is 13.2 Å². The number of halogens is 1. The average Bonchev–Trinajstić information content (AvgIpc) is 2.35. The van der Waals surface area contributed by atoms with Gasteiger partial charge < -0.3 is 14.8 Å². The Balaban J connectivity index is 1.99. The molecule has 0 spiro atoms. The Kier molecular flexibility index (Phi) is 8.01.